The maximum absolute atomic E-state index is 11.3. The highest BCUT2D eigenvalue weighted by Crippen LogP contribution is 2.28. The van der Waals surface area contributed by atoms with E-state index in [0.717, 1.165) is 12.0 Å². The molecule has 0 atom stereocenters. The van der Waals surface area contributed by atoms with E-state index in [1.807, 2.05) is 19.1 Å². The van der Waals surface area contributed by atoms with E-state index in [0.29, 0.717) is 11.4 Å². The number of anilines is 2. The number of hydrogen-bond donors (Lipinski definition) is 3. The molecule has 0 fully saturated rings. The molecule has 0 radical (unpaired) electrons. The highest BCUT2D eigenvalue weighted by molar-refractivity contribution is 5.57. The minimum atomic E-state index is -0.441. The van der Waals surface area contributed by atoms with Crippen molar-refractivity contribution in [1.82, 2.24) is 9.97 Å². The number of nitrogens with zero attached hydrogens (tertiary/aromatic N) is 1. The first kappa shape index (κ1) is 12.0. The Morgan fingerprint density at radius 1 is 1.39 bits per heavy atom. The zero-order valence-corrected chi connectivity index (χ0v) is 9.93. The summed E-state index contributed by atoms with van der Waals surface area (Å²) in [5, 5.41) is 0. The van der Waals surface area contributed by atoms with Crippen LogP contribution in [0.25, 0.3) is 0 Å². The number of aryl methyl sites for hydroxylation is 1. The van der Waals surface area contributed by atoms with Crippen LogP contribution >= 0.6 is 0 Å². The van der Waals surface area contributed by atoms with Gasteiger partial charge in [-0.05, 0) is 24.1 Å². The molecule has 0 saturated carbocycles. The van der Waals surface area contributed by atoms with E-state index in [1.54, 1.807) is 6.07 Å². The van der Waals surface area contributed by atoms with Crippen LogP contribution in [0, 0.1) is 0 Å². The van der Waals surface area contributed by atoms with Crippen LogP contribution in [0.4, 0.5) is 11.4 Å². The lowest BCUT2D eigenvalue weighted by atomic mass is 10.1. The Morgan fingerprint density at radius 2 is 2.17 bits per heavy atom. The van der Waals surface area contributed by atoms with Gasteiger partial charge in [-0.2, -0.15) is 0 Å². The van der Waals surface area contributed by atoms with Crippen molar-refractivity contribution in [3.8, 4) is 11.6 Å². The fourth-order valence-corrected chi connectivity index (χ4v) is 1.49. The number of ether oxygens (including phenoxy) is 1. The molecule has 0 saturated heterocycles. The molecule has 94 valence electrons. The van der Waals surface area contributed by atoms with E-state index < -0.39 is 5.56 Å². The molecule has 0 amide bonds. The zero-order valence-electron chi connectivity index (χ0n) is 9.93. The molecule has 6 nitrogen and oxygen atoms in total. The van der Waals surface area contributed by atoms with Gasteiger partial charge in [-0.25, -0.2) is 4.98 Å². The lowest BCUT2D eigenvalue weighted by molar-refractivity contribution is 0.465. The largest absolute Gasteiger partial charge is 0.435 e. The van der Waals surface area contributed by atoms with E-state index in [9.17, 15) is 4.79 Å². The van der Waals surface area contributed by atoms with Crippen molar-refractivity contribution in [2.45, 2.75) is 13.3 Å². The Kier molecular flexibility index (Phi) is 3.18. The van der Waals surface area contributed by atoms with Crippen molar-refractivity contribution in [1.29, 1.82) is 0 Å². The van der Waals surface area contributed by atoms with Crippen molar-refractivity contribution in [3.05, 3.63) is 40.4 Å². The summed E-state index contributed by atoms with van der Waals surface area (Å²) in [6.45, 7) is 2.03. The van der Waals surface area contributed by atoms with Gasteiger partial charge in [-0.3, -0.25) is 4.79 Å². The zero-order chi connectivity index (χ0) is 13.1. The summed E-state index contributed by atoms with van der Waals surface area (Å²) < 4.78 is 5.44. The molecule has 0 bridgehead atoms. The number of hydrogen-bond acceptors (Lipinski definition) is 5. The highest BCUT2D eigenvalue weighted by Gasteiger charge is 2.09. The molecule has 0 spiro atoms. The van der Waals surface area contributed by atoms with Crippen molar-refractivity contribution >= 4 is 11.4 Å². The van der Waals surface area contributed by atoms with Gasteiger partial charge in [-0.1, -0.05) is 13.0 Å². The van der Waals surface area contributed by atoms with Gasteiger partial charge in [0.25, 0.3) is 5.56 Å². The SMILES string of the molecule is CCc1ccc(Oc2nc[nH]c(=O)c2N)c(N)c1. The number of nitrogen functional groups attached to an aromatic ring is 2. The monoisotopic (exact) mass is 246 g/mol. The molecule has 1 aromatic carbocycles. The number of nitrogens with one attached hydrogen (secondary N) is 1. The van der Waals surface area contributed by atoms with Crippen LogP contribution < -0.4 is 21.8 Å². The van der Waals surface area contributed by atoms with Gasteiger partial charge in [0.05, 0.1) is 12.0 Å². The Hall–Kier alpha value is -2.50. The minimum absolute atomic E-state index is 0.0506. The van der Waals surface area contributed by atoms with Crippen molar-refractivity contribution in [2.75, 3.05) is 11.5 Å². The first-order valence-electron chi connectivity index (χ1n) is 5.51. The van der Waals surface area contributed by atoms with Gasteiger partial charge in [-0.15, -0.1) is 0 Å². The van der Waals surface area contributed by atoms with Crippen molar-refractivity contribution in [3.63, 3.8) is 0 Å². The molecule has 0 aliphatic heterocycles. The number of benzene rings is 1. The molecule has 5 N–H and O–H groups in total. The van der Waals surface area contributed by atoms with Crippen LogP contribution in [-0.4, -0.2) is 9.97 Å². The second kappa shape index (κ2) is 4.79. The van der Waals surface area contributed by atoms with Crippen LogP contribution in [0.15, 0.2) is 29.3 Å². The molecular formula is C12H14N4O2. The number of nitrogens with two attached hydrogens (primary N) is 2. The van der Waals surface area contributed by atoms with Gasteiger partial charge < -0.3 is 21.2 Å². The molecule has 2 rings (SSSR count). The van der Waals surface area contributed by atoms with Crippen LogP contribution in [-0.2, 0) is 6.42 Å². The number of H-pyrrole nitrogens is 1. The summed E-state index contributed by atoms with van der Waals surface area (Å²) in [5.74, 6) is 0.478. The molecule has 0 aliphatic rings. The van der Waals surface area contributed by atoms with Gasteiger partial charge in [0.1, 0.15) is 0 Å². The third-order valence-corrected chi connectivity index (χ3v) is 2.54. The third kappa shape index (κ3) is 2.27. The van der Waals surface area contributed by atoms with Gasteiger partial charge in [0.15, 0.2) is 11.4 Å². The van der Waals surface area contributed by atoms with Crippen LogP contribution in [0.1, 0.15) is 12.5 Å². The molecule has 6 heteroatoms. The maximum Gasteiger partial charge on any atom is 0.277 e. The molecule has 18 heavy (non-hydrogen) atoms. The quantitative estimate of drug-likeness (QED) is 0.707. The topological polar surface area (TPSA) is 107 Å². The summed E-state index contributed by atoms with van der Waals surface area (Å²) in [5.41, 5.74) is 12.5. The van der Waals surface area contributed by atoms with Crippen molar-refractivity contribution in [2.24, 2.45) is 0 Å². The Morgan fingerprint density at radius 3 is 2.83 bits per heavy atom. The summed E-state index contributed by atoms with van der Waals surface area (Å²) in [6.07, 6.45) is 2.11. The van der Waals surface area contributed by atoms with Crippen molar-refractivity contribution < 1.29 is 4.74 Å². The van der Waals surface area contributed by atoms with Gasteiger partial charge in [0, 0.05) is 0 Å². The predicted octanol–water partition coefficient (Wildman–Crippen LogP) is 1.29. The summed E-state index contributed by atoms with van der Waals surface area (Å²) in [7, 11) is 0. The maximum atomic E-state index is 11.3. The normalized spacial score (nSPS) is 10.3. The first-order chi connectivity index (χ1) is 8.61. The molecule has 1 aromatic heterocycles. The average Bonchev–Trinajstić information content (AvgIpc) is 2.37. The number of rotatable bonds is 3. The smallest absolute Gasteiger partial charge is 0.277 e. The Bertz CT molecular complexity index is 622. The summed E-state index contributed by atoms with van der Waals surface area (Å²) in [6, 6.07) is 5.45. The number of aromatic amines is 1. The Labute approximate surface area is 104 Å². The summed E-state index contributed by atoms with van der Waals surface area (Å²) >= 11 is 0. The van der Waals surface area contributed by atoms with E-state index in [1.165, 1.54) is 6.33 Å². The van der Waals surface area contributed by atoms with E-state index in [-0.39, 0.29) is 11.6 Å². The highest BCUT2D eigenvalue weighted by atomic mass is 16.5. The molecule has 1 heterocycles. The fraction of sp³-hybridized carbons (Fsp3) is 0.167. The average molecular weight is 246 g/mol. The lowest BCUT2D eigenvalue weighted by Gasteiger charge is -2.09. The van der Waals surface area contributed by atoms with Crippen LogP contribution in [0.2, 0.25) is 0 Å². The second-order valence-electron chi connectivity index (χ2n) is 3.78. The van der Waals surface area contributed by atoms with E-state index in [4.69, 9.17) is 16.2 Å². The fourth-order valence-electron chi connectivity index (χ4n) is 1.49. The predicted molar refractivity (Wildman–Crippen MR) is 69.6 cm³/mol. The summed E-state index contributed by atoms with van der Waals surface area (Å²) in [4.78, 5) is 17.5. The van der Waals surface area contributed by atoms with Crippen LogP contribution in [0.5, 0.6) is 11.6 Å². The molecule has 0 aliphatic carbocycles. The third-order valence-electron chi connectivity index (χ3n) is 2.54. The van der Waals surface area contributed by atoms with Gasteiger partial charge >= 0.3 is 0 Å². The Balaban J connectivity index is 2.34. The molecule has 2 aromatic rings. The first-order valence-corrected chi connectivity index (χ1v) is 5.51. The van der Waals surface area contributed by atoms with Gasteiger partial charge in [0.2, 0.25) is 5.88 Å². The molecule has 0 unspecified atom stereocenters. The van der Waals surface area contributed by atoms with E-state index >= 15 is 0 Å². The number of aromatic nitrogens is 2. The van der Waals surface area contributed by atoms with Crippen LogP contribution in [0.3, 0.4) is 0 Å². The molecular weight excluding hydrogens is 232 g/mol. The lowest BCUT2D eigenvalue weighted by Crippen LogP contribution is -2.13. The standard InChI is InChI=1S/C12H14N4O2/c1-2-7-3-4-9(8(13)5-7)18-12-10(14)11(17)15-6-16-12/h3-6H,2,13-14H2,1H3,(H,15,16,17). The second-order valence-corrected chi connectivity index (χ2v) is 3.78. The van der Waals surface area contributed by atoms with E-state index in [2.05, 4.69) is 9.97 Å². The minimum Gasteiger partial charge on any atom is -0.435 e.